The van der Waals surface area contributed by atoms with E-state index >= 15 is 0 Å². The smallest absolute Gasteiger partial charge is 0.271 e. The average Bonchev–Trinajstić information content (AvgIpc) is 2.69. The maximum absolute atomic E-state index is 12.1. The number of nitrogens with one attached hydrogen (secondary N) is 1. The molecule has 6 heteroatoms. The van der Waals surface area contributed by atoms with Crippen molar-refractivity contribution < 1.29 is 9.53 Å². The van der Waals surface area contributed by atoms with Crippen LogP contribution in [0.15, 0.2) is 76.3 Å². The van der Waals surface area contributed by atoms with Gasteiger partial charge in [-0.3, -0.25) is 4.79 Å². The molecule has 0 fully saturated rings. The van der Waals surface area contributed by atoms with Gasteiger partial charge in [0.25, 0.3) is 5.91 Å². The van der Waals surface area contributed by atoms with Crippen molar-refractivity contribution in [1.29, 1.82) is 0 Å². The quantitative estimate of drug-likeness (QED) is 0.378. The number of carbonyl (C=O) groups is 1. The van der Waals surface area contributed by atoms with E-state index in [4.69, 9.17) is 16.3 Å². The number of hydrogen-bond acceptors (Lipinski definition) is 3. The maximum Gasteiger partial charge on any atom is 0.271 e. The van der Waals surface area contributed by atoms with Gasteiger partial charge in [-0.15, -0.1) is 0 Å². The Bertz CT molecular complexity index is 986. The molecule has 0 aliphatic rings. The van der Waals surface area contributed by atoms with Crippen molar-refractivity contribution >= 4 is 39.7 Å². The van der Waals surface area contributed by atoms with Gasteiger partial charge in [0.15, 0.2) is 0 Å². The highest BCUT2D eigenvalue weighted by Crippen LogP contribution is 2.23. The van der Waals surface area contributed by atoms with E-state index in [1.54, 1.807) is 30.5 Å². The van der Waals surface area contributed by atoms with Gasteiger partial charge in [-0.05, 0) is 55.0 Å². The van der Waals surface area contributed by atoms with E-state index in [0.29, 0.717) is 22.9 Å². The van der Waals surface area contributed by atoms with Crippen LogP contribution in [0.3, 0.4) is 0 Å². The largest absolute Gasteiger partial charge is 0.488 e. The minimum atomic E-state index is -0.315. The number of hydrogen-bond donors (Lipinski definition) is 1. The van der Waals surface area contributed by atoms with E-state index in [0.717, 1.165) is 15.6 Å². The minimum Gasteiger partial charge on any atom is -0.488 e. The summed E-state index contributed by atoms with van der Waals surface area (Å²) in [6.45, 7) is 2.49. The summed E-state index contributed by atoms with van der Waals surface area (Å²) in [4.78, 5) is 12.1. The molecule has 0 unspecified atom stereocenters. The van der Waals surface area contributed by atoms with Crippen LogP contribution in [-0.4, -0.2) is 12.1 Å². The summed E-state index contributed by atoms with van der Waals surface area (Å²) in [7, 11) is 0. The van der Waals surface area contributed by atoms with E-state index in [-0.39, 0.29) is 5.91 Å². The molecule has 28 heavy (non-hydrogen) atoms. The third-order valence-corrected chi connectivity index (χ3v) is 4.71. The molecule has 3 rings (SSSR count). The monoisotopic (exact) mass is 456 g/mol. The molecule has 0 aliphatic carbocycles. The molecule has 0 aliphatic heterocycles. The van der Waals surface area contributed by atoms with E-state index < -0.39 is 0 Å². The van der Waals surface area contributed by atoms with Crippen LogP contribution in [0.4, 0.5) is 0 Å². The van der Waals surface area contributed by atoms with E-state index in [9.17, 15) is 4.79 Å². The highest BCUT2D eigenvalue weighted by atomic mass is 79.9. The molecule has 142 valence electrons. The van der Waals surface area contributed by atoms with Crippen LogP contribution < -0.4 is 10.2 Å². The van der Waals surface area contributed by atoms with Crippen LogP contribution in [0.1, 0.15) is 27.0 Å². The van der Waals surface area contributed by atoms with Gasteiger partial charge >= 0.3 is 0 Å². The number of benzene rings is 3. The lowest BCUT2D eigenvalue weighted by atomic mass is 10.1. The zero-order valence-corrected chi connectivity index (χ0v) is 17.5. The Balaban J connectivity index is 1.67. The Kier molecular flexibility index (Phi) is 6.85. The molecule has 0 spiro atoms. The van der Waals surface area contributed by atoms with E-state index in [1.807, 2.05) is 37.3 Å². The number of nitrogens with zero attached hydrogens (tertiary/aromatic N) is 1. The first-order valence-electron chi connectivity index (χ1n) is 8.58. The molecule has 3 aromatic carbocycles. The highest BCUT2D eigenvalue weighted by Gasteiger charge is 2.06. The van der Waals surface area contributed by atoms with Gasteiger partial charge in [0, 0.05) is 20.6 Å². The fraction of sp³-hybridized carbons (Fsp3) is 0.0909. The van der Waals surface area contributed by atoms with Gasteiger partial charge in [-0.25, -0.2) is 5.43 Å². The van der Waals surface area contributed by atoms with Crippen LogP contribution in [0.5, 0.6) is 5.75 Å². The van der Waals surface area contributed by atoms with Crippen LogP contribution in [-0.2, 0) is 6.61 Å². The normalized spacial score (nSPS) is 10.8. The summed E-state index contributed by atoms with van der Waals surface area (Å²) in [5.41, 5.74) is 6.02. The molecule has 0 atom stereocenters. The van der Waals surface area contributed by atoms with Crippen molar-refractivity contribution in [1.82, 2.24) is 5.43 Å². The lowest BCUT2D eigenvalue weighted by Crippen LogP contribution is -2.17. The Labute approximate surface area is 177 Å². The number of ether oxygens (including phenoxy) is 1. The van der Waals surface area contributed by atoms with Crippen molar-refractivity contribution in [2.45, 2.75) is 13.5 Å². The first-order chi connectivity index (χ1) is 13.5. The lowest BCUT2D eigenvalue weighted by molar-refractivity contribution is 0.0955. The first kappa shape index (κ1) is 20.1. The molecule has 4 nitrogen and oxygen atoms in total. The van der Waals surface area contributed by atoms with Gasteiger partial charge in [-0.1, -0.05) is 57.4 Å². The molecular weight excluding hydrogens is 440 g/mol. The second-order valence-electron chi connectivity index (χ2n) is 6.16. The molecule has 0 bridgehead atoms. The predicted molar refractivity (Wildman–Crippen MR) is 116 cm³/mol. The minimum absolute atomic E-state index is 0.315. The summed E-state index contributed by atoms with van der Waals surface area (Å²) in [6.07, 6.45) is 1.56. The highest BCUT2D eigenvalue weighted by molar-refractivity contribution is 9.10. The fourth-order valence-corrected chi connectivity index (χ4v) is 2.93. The molecule has 0 heterocycles. The summed E-state index contributed by atoms with van der Waals surface area (Å²) < 4.78 is 6.82. The van der Waals surface area contributed by atoms with Crippen molar-refractivity contribution in [3.63, 3.8) is 0 Å². The zero-order chi connectivity index (χ0) is 19.9. The average molecular weight is 458 g/mol. The van der Waals surface area contributed by atoms with Crippen LogP contribution in [0.25, 0.3) is 0 Å². The Morgan fingerprint density at radius 1 is 1.11 bits per heavy atom. The number of hydrazone groups is 1. The third kappa shape index (κ3) is 5.68. The summed E-state index contributed by atoms with van der Waals surface area (Å²) in [6, 6.07) is 20.4. The Morgan fingerprint density at radius 3 is 2.54 bits per heavy atom. The molecule has 0 saturated carbocycles. The van der Waals surface area contributed by atoms with Gasteiger partial charge in [0.05, 0.1) is 6.21 Å². The van der Waals surface area contributed by atoms with Crippen molar-refractivity contribution in [3.05, 3.63) is 98.5 Å². The number of amides is 1. The second kappa shape index (κ2) is 9.53. The topological polar surface area (TPSA) is 50.7 Å². The summed E-state index contributed by atoms with van der Waals surface area (Å²) in [5, 5.41) is 4.62. The maximum atomic E-state index is 12.1. The number of carbonyl (C=O) groups excluding carboxylic acids is 1. The molecule has 0 aromatic heterocycles. The second-order valence-corrected chi connectivity index (χ2v) is 7.51. The SMILES string of the molecule is Cc1ccc(COc2ccc(Br)cc2/C=N\NC(=O)c2ccc(Cl)cc2)cc1. The number of halogens is 2. The van der Waals surface area contributed by atoms with Gasteiger partial charge < -0.3 is 4.74 Å². The Hall–Kier alpha value is -2.63. The van der Waals surface area contributed by atoms with Crippen LogP contribution in [0, 0.1) is 6.92 Å². The third-order valence-electron chi connectivity index (χ3n) is 3.96. The Morgan fingerprint density at radius 2 is 1.82 bits per heavy atom. The van der Waals surface area contributed by atoms with Gasteiger partial charge in [0.2, 0.25) is 0 Å². The van der Waals surface area contributed by atoms with Crippen molar-refractivity contribution in [3.8, 4) is 5.75 Å². The van der Waals surface area contributed by atoms with Gasteiger partial charge in [-0.2, -0.15) is 5.10 Å². The molecular formula is C22H18BrClN2O2. The standard InChI is InChI=1S/C22H18BrClN2O2/c1-15-2-4-16(5-3-15)14-28-21-11-8-19(23)12-18(21)13-25-26-22(27)17-6-9-20(24)10-7-17/h2-13H,14H2,1H3,(H,26,27)/b25-13-. The zero-order valence-electron chi connectivity index (χ0n) is 15.2. The molecule has 0 saturated heterocycles. The summed E-state index contributed by atoms with van der Waals surface area (Å²) in [5.74, 6) is 0.360. The molecule has 0 radical (unpaired) electrons. The van der Waals surface area contributed by atoms with E-state index in [2.05, 4.69) is 38.6 Å². The lowest BCUT2D eigenvalue weighted by Gasteiger charge is -2.10. The molecule has 1 N–H and O–H groups in total. The first-order valence-corrected chi connectivity index (χ1v) is 9.75. The van der Waals surface area contributed by atoms with Crippen molar-refractivity contribution in [2.75, 3.05) is 0 Å². The van der Waals surface area contributed by atoms with E-state index in [1.165, 1.54) is 5.56 Å². The van der Waals surface area contributed by atoms with Crippen molar-refractivity contribution in [2.24, 2.45) is 5.10 Å². The van der Waals surface area contributed by atoms with Gasteiger partial charge in [0.1, 0.15) is 12.4 Å². The van der Waals surface area contributed by atoms with Crippen LogP contribution in [0.2, 0.25) is 5.02 Å². The molecule has 1 amide bonds. The number of aryl methyl sites for hydroxylation is 1. The van der Waals surface area contributed by atoms with Crippen LogP contribution >= 0.6 is 27.5 Å². The fourth-order valence-electron chi connectivity index (χ4n) is 2.42. The summed E-state index contributed by atoms with van der Waals surface area (Å²) >= 11 is 9.28. The predicted octanol–water partition coefficient (Wildman–Crippen LogP) is 5.75. The molecule has 3 aromatic rings. The number of rotatable bonds is 6.